The first kappa shape index (κ1) is 41.5. The third-order valence-corrected chi connectivity index (χ3v) is 13.4. The van der Waals surface area contributed by atoms with Crippen LogP contribution in [0.15, 0.2) is 179 Å². The summed E-state index contributed by atoms with van der Waals surface area (Å²) in [7, 11) is 14.7. The molecule has 11 rings (SSSR count). The molecule has 0 spiro atoms. The molecule has 60 heavy (non-hydrogen) atoms. The second kappa shape index (κ2) is 16.4. The quantitative estimate of drug-likeness (QED) is 0.120. The molecule has 9 aromatic rings. The molecule has 2 aliphatic rings. The Kier molecular flexibility index (Phi) is 11.4. The fraction of sp³-hybridized carbons (Fsp3) is 0.111. The van der Waals surface area contributed by atoms with Crippen molar-refractivity contribution < 1.29 is 11.2 Å². The zero-order valence-electron chi connectivity index (χ0n) is 33.4. The molecule has 0 nitrogen and oxygen atoms in total. The van der Waals surface area contributed by atoms with Gasteiger partial charge in [0.1, 0.15) is 0 Å². The minimum atomic E-state index is -1.33. The van der Waals surface area contributed by atoms with E-state index in [1.54, 1.807) is 0 Å². The van der Waals surface area contributed by atoms with Crippen molar-refractivity contribution in [3.05, 3.63) is 201 Å². The Labute approximate surface area is 386 Å². The Hall–Kier alpha value is -3.89. The summed E-state index contributed by atoms with van der Waals surface area (Å²) in [5.74, 6) is 0. The van der Waals surface area contributed by atoms with Crippen LogP contribution in [0.2, 0.25) is 0 Å². The Balaban J connectivity index is 0.000000142. The van der Waals surface area contributed by atoms with Crippen LogP contribution in [0.25, 0.3) is 76.8 Å². The van der Waals surface area contributed by atoms with Crippen molar-refractivity contribution in [2.24, 2.45) is 0 Å². The van der Waals surface area contributed by atoms with E-state index in [0.29, 0.717) is 0 Å². The SMILES string of the molecule is CC1(C)c2cc(Br)ccc2-c2cc3c4ccccc4c4ccccc4c3cc21.CC1(C)c2cc(Br)ccc2-c2ccc(-c3ccccc3-c3ccccc3)cc21.[Cl][Fe]([Cl])[Cl]. The maximum absolute atomic E-state index is 4.89. The molecule has 6 heteroatoms. The average molecular weight is 1010 g/mol. The molecular formula is C54H40Br2Cl3Fe. The van der Waals surface area contributed by atoms with Gasteiger partial charge in [0.15, 0.2) is 0 Å². The molecule has 9 aromatic carbocycles. The second-order valence-corrected chi connectivity index (χ2v) is 23.8. The van der Waals surface area contributed by atoms with Gasteiger partial charge in [0, 0.05) is 19.8 Å². The maximum atomic E-state index is 4.89. The first-order chi connectivity index (χ1) is 28.8. The van der Waals surface area contributed by atoms with Gasteiger partial charge >= 0.3 is 41.5 Å². The fourth-order valence-electron chi connectivity index (χ4n) is 9.59. The van der Waals surface area contributed by atoms with Crippen LogP contribution in [-0.2, 0) is 22.0 Å². The van der Waals surface area contributed by atoms with Gasteiger partial charge in [0.2, 0.25) is 0 Å². The summed E-state index contributed by atoms with van der Waals surface area (Å²) in [5, 5.41) is 8.04. The Morgan fingerprint density at radius 3 is 1.22 bits per heavy atom. The number of halogens is 5. The molecule has 0 saturated heterocycles. The zero-order valence-corrected chi connectivity index (χ0v) is 40.0. The van der Waals surface area contributed by atoms with E-state index in [4.69, 9.17) is 30.3 Å². The summed E-state index contributed by atoms with van der Waals surface area (Å²) in [6.45, 7) is 9.35. The van der Waals surface area contributed by atoms with Gasteiger partial charge in [-0.05, 0) is 142 Å². The molecule has 299 valence electrons. The van der Waals surface area contributed by atoms with Crippen molar-refractivity contribution in [1.29, 1.82) is 0 Å². The van der Waals surface area contributed by atoms with Crippen LogP contribution < -0.4 is 0 Å². The van der Waals surface area contributed by atoms with Gasteiger partial charge in [0.05, 0.1) is 0 Å². The predicted octanol–water partition coefficient (Wildman–Crippen LogP) is 18.4. The second-order valence-electron chi connectivity index (χ2n) is 16.5. The van der Waals surface area contributed by atoms with Crippen LogP contribution in [0.5, 0.6) is 0 Å². The summed E-state index contributed by atoms with van der Waals surface area (Å²) >= 11 is 5.98. The van der Waals surface area contributed by atoms with E-state index >= 15 is 0 Å². The standard InChI is InChI=1S/C27H19Br.C27H21Br.3ClH.Fe/c1-27(2)25-13-16(28)11-12-21(25)24-14-22-19-9-5-3-7-17(19)18-8-4-6-10-20(18)23(22)15-26(24)27;1-27(2)25-16-19(12-14-23(25)24-15-13-20(28)17-26(24)27)22-11-7-6-10-21(22)18-8-4-3-5-9-18;;;;/h3-15H,1-2H3;3-17H,1-2H3;3*1H;/q;;;;;+3/p-3. The van der Waals surface area contributed by atoms with Gasteiger partial charge in [0.25, 0.3) is 0 Å². The molecule has 0 atom stereocenters. The summed E-state index contributed by atoms with van der Waals surface area (Å²) in [5.41, 5.74) is 16.1. The van der Waals surface area contributed by atoms with Gasteiger partial charge in [-0.2, -0.15) is 0 Å². The number of hydrogen-bond acceptors (Lipinski definition) is 0. The average Bonchev–Trinajstić information content (AvgIpc) is 3.61. The van der Waals surface area contributed by atoms with Crippen LogP contribution in [0, 0.1) is 0 Å². The van der Waals surface area contributed by atoms with E-state index in [-0.39, 0.29) is 10.8 Å². The van der Waals surface area contributed by atoms with Crippen LogP contribution >= 0.6 is 62.2 Å². The van der Waals surface area contributed by atoms with E-state index in [0.717, 1.165) is 8.95 Å². The first-order valence-corrected chi connectivity index (χ1v) is 25.9. The summed E-state index contributed by atoms with van der Waals surface area (Å²) in [4.78, 5) is 0. The molecule has 0 heterocycles. The molecule has 0 amide bonds. The van der Waals surface area contributed by atoms with Gasteiger partial charge in [-0.1, -0.05) is 187 Å². The normalized spacial score (nSPS) is 14.0. The molecule has 0 fully saturated rings. The monoisotopic (exact) mass is 1010 g/mol. The van der Waals surface area contributed by atoms with E-state index in [9.17, 15) is 0 Å². The zero-order chi connectivity index (χ0) is 41.9. The van der Waals surface area contributed by atoms with Crippen LogP contribution in [0.1, 0.15) is 49.9 Å². The van der Waals surface area contributed by atoms with E-state index < -0.39 is 11.2 Å². The summed E-state index contributed by atoms with van der Waals surface area (Å²) < 4.78 is 2.29. The first-order valence-electron chi connectivity index (χ1n) is 19.8. The summed E-state index contributed by atoms with van der Waals surface area (Å²) in [6, 6.07) is 62.2. The third kappa shape index (κ3) is 7.35. The van der Waals surface area contributed by atoms with E-state index in [1.165, 1.54) is 99.1 Å². The Morgan fingerprint density at radius 2 is 0.700 bits per heavy atom. The van der Waals surface area contributed by atoms with Gasteiger partial charge in [-0.3, -0.25) is 0 Å². The number of hydrogen-bond donors (Lipinski definition) is 0. The molecule has 2 aliphatic carbocycles. The number of fused-ring (bicyclic) bond motifs is 12. The molecule has 0 N–H and O–H groups in total. The van der Waals surface area contributed by atoms with Crippen molar-refractivity contribution in [3.8, 4) is 44.5 Å². The molecule has 0 radical (unpaired) electrons. The minimum absolute atomic E-state index is 0.00458. The van der Waals surface area contributed by atoms with E-state index in [2.05, 4.69) is 229 Å². The van der Waals surface area contributed by atoms with Crippen LogP contribution in [-0.4, -0.2) is 0 Å². The third-order valence-electron chi connectivity index (χ3n) is 12.5. The van der Waals surface area contributed by atoms with Gasteiger partial charge in [-0.15, -0.1) is 0 Å². The van der Waals surface area contributed by atoms with Crippen molar-refractivity contribution in [2.75, 3.05) is 0 Å². The molecule has 0 saturated carbocycles. The molecular weight excluding hydrogens is 971 g/mol. The van der Waals surface area contributed by atoms with Crippen LogP contribution in [0.4, 0.5) is 0 Å². The molecule has 0 bridgehead atoms. The number of rotatable bonds is 2. The topological polar surface area (TPSA) is 0 Å². The predicted molar refractivity (Wildman–Crippen MR) is 264 cm³/mol. The summed E-state index contributed by atoms with van der Waals surface area (Å²) in [6.07, 6.45) is 0. The van der Waals surface area contributed by atoms with Gasteiger partial charge < -0.3 is 0 Å². The molecule has 0 unspecified atom stereocenters. The Bertz CT molecular complexity index is 3120. The van der Waals surface area contributed by atoms with E-state index in [1.807, 2.05) is 0 Å². The van der Waals surface area contributed by atoms with Crippen molar-refractivity contribution in [3.63, 3.8) is 0 Å². The molecule has 0 aromatic heterocycles. The van der Waals surface area contributed by atoms with Crippen LogP contribution in [0.3, 0.4) is 0 Å². The fourth-order valence-corrected chi connectivity index (χ4v) is 10.3. The van der Waals surface area contributed by atoms with Gasteiger partial charge in [-0.25, -0.2) is 0 Å². The van der Waals surface area contributed by atoms with Crippen molar-refractivity contribution in [1.82, 2.24) is 0 Å². The number of benzene rings is 9. The molecule has 0 aliphatic heterocycles. The van der Waals surface area contributed by atoms with Crippen molar-refractivity contribution in [2.45, 2.75) is 38.5 Å². The van der Waals surface area contributed by atoms with Crippen molar-refractivity contribution >= 4 is 94.5 Å². The Morgan fingerprint density at radius 1 is 0.333 bits per heavy atom.